The van der Waals surface area contributed by atoms with Crippen LogP contribution in [-0.4, -0.2) is 0 Å². The van der Waals surface area contributed by atoms with Crippen LogP contribution in [0, 0.1) is 0 Å². The Kier molecular flexibility index (Phi) is 2.96. The van der Waals surface area contributed by atoms with Gasteiger partial charge in [-0.05, 0) is 72.8 Å². The molecule has 0 fully saturated rings. The topological polar surface area (TPSA) is 0 Å². The van der Waals surface area contributed by atoms with Crippen LogP contribution < -0.4 is 0 Å². The average molecular weight is 405 g/mol. The van der Waals surface area contributed by atoms with Gasteiger partial charge >= 0.3 is 0 Å². The minimum atomic E-state index is -0.242. The lowest BCUT2D eigenvalue weighted by molar-refractivity contribution is 0.842. The van der Waals surface area contributed by atoms with E-state index in [1.807, 2.05) is 0 Å². The van der Waals surface area contributed by atoms with Crippen molar-refractivity contribution in [3.05, 3.63) is 143 Å². The lowest BCUT2D eigenvalue weighted by Gasteiger charge is -2.33. The lowest BCUT2D eigenvalue weighted by atomic mass is 9.68. The van der Waals surface area contributed by atoms with Crippen molar-refractivity contribution in [1.82, 2.24) is 0 Å². The van der Waals surface area contributed by atoms with Crippen molar-refractivity contribution < 1.29 is 0 Å². The molecular weight excluding hydrogens is 384 g/mol. The first kappa shape index (κ1) is 16.8. The molecule has 1 atom stereocenters. The summed E-state index contributed by atoms with van der Waals surface area (Å²) < 4.78 is 0. The molecule has 0 nitrogen and oxygen atoms in total. The molecule has 5 aromatic rings. The number of rotatable bonds is 0. The molecule has 0 amide bonds. The Morgan fingerprint density at radius 2 is 1.16 bits per heavy atom. The predicted octanol–water partition coefficient (Wildman–Crippen LogP) is 7.64. The Morgan fingerprint density at radius 1 is 0.500 bits per heavy atom. The molecule has 8 rings (SSSR count). The molecule has 5 aromatic carbocycles. The van der Waals surface area contributed by atoms with Crippen LogP contribution >= 0.6 is 0 Å². The van der Waals surface area contributed by atoms with Crippen molar-refractivity contribution in [3.63, 3.8) is 0 Å². The number of hydrogen-bond donors (Lipinski definition) is 0. The predicted molar refractivity (Wildman–Crippen MR) is 133 cm³/mol. The number of benzene rings is 5. The van der Waals surface area contributed by atoms with E-state index in [0.717, 1.165) is 6.42 Å². The van der Waals surface area contributed by atoms with E-state index in [-0.39, 0.29) is 5.41 Å². The van der Waals surface area contributed by atoms with Gasteiger partial charge in [0.1, 0.15) is 0 Å². The molecule has 0 radical (unpaired) electrons. The van der Waals surface area contributed by atoms with Gasteiger partial charge in [0.15, 0.2) is 0 Å². The molecule has 1 unspecified atom stereocenters. The monoisotopic (exact) mass is 404 g/mol. The molecule has 0 aromatic heterocycles. The minimum Gasteiger partial charge on any atom is -0.0619 e. The molecule has 0 heterocycles. The first-order valence-electron chi connectivity index (χ1n) is 11.4. The highest BCUT2D eigenvalue weighted by Gasteiger charge is 2.55. The largest absolute Gasteiger partial charge is 0.0728 e. The van der Waals surface area contributed by atoms with Crippen molar-refractivity contribution in [2.24, 2.45) is 0 Å². The van der Waals surface area contributed by atoms with Crippen LogP contribution in [0.3, 0.4) is 0 Å². The fourth-order valence-corrected chi connectivity index (χ4v) is 6.83. The summed E-state index contributed by atoms with van der Waals surface area (Å²) in [6.45, 7) is 0. The third-order valence-corrected chi connectivity index (χ3v) is 7.92. The van der Waals surface area contributed by atoms with Crippen LogP contribution in [0.15, 0.2) is 109 Å². The summed E-state index contributed by atoms with van der Waals surface area (Å²) in [6, 6.07) is 40.9. The van der Waals surface area contributed by atoms with E-state index in [1.54, 1.807) is 0 Å². The molecular formula is C32H20. The summed E-state index contributed by atoms with van der Waals surface area (Å²) in [4.78, 5) is 0. The van der Waals surface area contributed by atoms with E-state index in [4.69, 9.17) is 0 Å². The number of fused-ring (bicyclic) bond motifs is 13. The molecule has 148 valence electrons. The zero-order valence-electron chi connectivity index (χ0n) is 17.6. The fraction of sp³-hybridized carbons (Fsp3) is 0.0625. The zero-order valence-corrected chi connectivity index (χ0v) is 17.6. The summed E-state index contributed by atoms with van der Waals surface area (Å²) in [6.07, 6.45) is 1.02. The molecule has 0 saturated heterocycles. The molecule has 0 N–H and O–H groups in total. The Bertz CT molecular complexity index is 1650. The molecule has 0 heteroatoms. The van der Waals surface area contributed by atoms with Gasteiger partial charge in [0.2, 0.25) is 0 Å². The maximum Gasteiger partial charge on any atom is 0.0728 e. The van der Waals surface area contributed by atoms with Crippen LogP contribution in [-0.2, 0) is 11.8 Å². The molecule has 3 aliphatic carbocycles. The minimum absolute atomic E-state index is 0.242. The van der Waals surface area contributed by atoms with Gasteiger partial charge in [0, 0.05) is 0 Å². The molecule has 32 heavy (non-hydrogen) atoms. The van der Waals surface area contributed by atoms with Crippen LogP contribution in [0.25, 0.3) is 33.0 Å². The van der Waals surface area contributed by atoms with Gasteiger partial charge in [0.05, 0.1) is 5.41 Å². The van der Waals surface area contributed by atoms with Gasteiger partial charge < -0.3 is 0 Å². The van der Waals surface area contributed by atoms with Crippen molar-refractivity contribution >= 4 is 21.9 Å². The summed E-state index contributed by atoms with van der Waals surface area (Å²) in [5.41, 5.74) is 14.2. The zero-order chi connectivity index (χ0) is 20.9. The Labute approximate surface area is 187 Å². The Balaban J connectivity index is 1.61. The van der Waals surface area contributed by atoms with Crippen molar-refractivity contribution in [1.29, 1.82) is 0 Å². The van der Waals surface area contributed by atoms with E-state index < -0.39 is 0 Å². The van der Waals surface area contributed by atoms with Crippen molar-refractivity contribution in [3.8, 4) is 11.1 Å². The summed E-state index contributed by atoms with van der Waals surface area (Å²) >= 11 is 0. The van der Waals surface area contributed by atoms with Gasteiger partial charge in [-0.1, -0.05) is 109 Å². The van der Waals surface area contributed by atoms with Gasteiger partial charge in [-0.25, -0.2) is 0 Å². The van der Waals surface area contributed by atoms with Gasteiger partial charge in [-0.3, -0.25) is 0 Å². The molecule has 0 aliphatic heterocycles. The summed E-state index contributed by atoms with van der Waals surface area (Å²) in [5.74, 6) is 0. The highest BCUT2D eigenvalue weighted by Crippen LogP contribution is 2.67. The molecule has 0 bridgehead atoms. The second-order valence-electron chi connectivity index (χ2n) is 9.24. The van der Waals surface area contributed by atoms with Gasteiger partial charge in [-0.15, -0.1) is 0 Å². The molecule has 1 spiro atoms. The smallest absolute Gasteiger partial charge is 0.0619 e. The maximum atomic E-state index is 2.41. The quantitative estimate of drug-likeness (QED) is 0.249. The van der Waals surface area contributed by atoms with Gasteiger partial charge in [-0.2, -0.15) is 0 Å². The standard InChI is InChI=1S/C32H20/c1-3-11-22-20(9-1)17-18-29-30(22)25-14-6-8-16-28(25)32(29)27-15-7-5-13-24(27)26-19-21-10-2-4-12-23(21)31(26)32/h1-18H,19H2. The van der Waals surface area contributed by atoms with Crippen LogP contribution in [0.4, 0.5) is 0 Å². The second-order valence-corrected chi connectivity index (χ2v) is 9.24. The highest BCUT2D eigenvalue weighted by atomic mass is 14.6. The van der Waals surface area contributed by atoms with Crippen LogP contribution in [0.2, 0.25) is 0 Å². The van der Waals surface area contributed by atoms with E-state index in [9.17, 15) is 0 Å². The van der Waals surface area contributed by atoms with Crippen LogP contribution in [0.5, 0.6) is 0 Å². The number of hydrogen-bond acceptors (Lipinski definition) is 0. The fourth-order valence-electron chi connectivity index (χ4n) is 6.83. The average Bonchev–Trinajstić information content (AvgIpc) is 3.47. The van der Waals surface area contributed by atoms with Crippen molar-refractivity contribution in [2.45, 2.75) is 11.8 Å². The van der Waals surface area contributed by atoms with E-state index >= 15 is 0 Å². The summed E-state index contributed by atoms with van der Waals surface area (Å²) in [5, 5.41) is 2.66. The number of allylic oxidation sites excluding steroid dienone is 2. The first-order chi connectivity index (χ1) is 15.9. The normalized spacial score (nSPS) is 19.1. The molecule has 3 aliphatic rings. The second kappa shape index (κ2) is 5.66. The van der Waals surface area contributed by atoms with Crippen molar-refractivity contribution in [2.75, 3.05) is 0 Å². The van der Waals surface area contributed by atoms with Crippen LogP contribution in [0.1, 0.15) is 33.4 Å². The van der Waals surface area contributed by atoms with E-state index in [1.165, 1.54) is 66.4 Å². The third-order valence-electron chi connectivity index (χ3n) is 7.92. The maximum absolute atomic E-state index is 2.41. The van der Waals surface area contributed by atoms with E-state index in [2.05, 4.69) is 109 Å². The Hall–Kier alpha value is -3.90. The molecule has 0 saturated carbocycles. The SMILES string of the molecule is c1ccc2c(c1)CC1=C2C2(c3ccccc31)c1ccccc1-c1c2ccc2ccccc12. The van der Waals surface area contributed by atoms with Gasteiger partial charge in [0.25, 0.3) is 0 Å². The first-order valence-corrected chi connectivity index (χ1v) is 11.4. The summed E-state index contributed by atoms with van der Waals surface area (Å²) in [7, 11) is 0. The third kappa shape index (κ3) is 1.74. The highest BCUT2D eigenvalue weighted by molar-refractivity contribution is 6.15. The van der Waals surface area contributed by atoms with E-state index in [0.29, 0.717) is 0 Å². The lowest BCUT2D eigenvalue weighted by Crippen LogP contribution is -2.26. The Morgan fingerprint density at radius 3 is 2.03 bits per heavy atom.